The Morgan fingerprint density at radius 2 is 1.59 bits per heavy atom. The Morgan fingerprint density at radius 1 is 0.966 bits per heavy atom. The molecule has 2 aliphatic rings. The smallest absolute Gasteiger partial charge is 0.328 e. The van der Waals surface area contributed by atoms with Gasteiger partial charge in [-0.1, -0.05) is 0 Å². The van der Waals surface area contributed by atoms with Gasteiger partial charge in [-0.2, -0.15) is 0 Å². The first kappa shape index (κ1) is 22.3. The fourth-order valence-electron chi connectivity index (χ4n) is 3.44. The molecule has 0 amide bonds. The quantitative estimate of drug-likeness (QED) is 0.369. The van der Waals surface area contributed by atoms with Crippen molar-refractivity contribution in [2.24, 2.45) is 0 Å². The van der Waals surface area contributed by atoms with Crippen LogP contribution in [-0.4, -0.2) is 57.9 Å². The summed E-state index contributed by atoms with van der Waals surface area (Å²) >= 11 is 11.1. The van der Waals surface area contributed by atoms with Gasteiger partial charge in [-0.05, 0) is 66.2 Å². The highest BCUT2D eigenvalue weighted by Crippen LogP contribution is 2.44. The summed E-state index contributed by atoms with van der Waals surface area (Å²) < 4.78 is 5.68. The molecule has 11 heteroatoms. The number of nitrogens with one attached hydrogen (secondary N) is 1. The number of carboxylic acids is 2. The zero-order valence-corrected chi connectivity index (χ0v) is 20.0. The molecule has 156 valence electrons. The number of aromatic nitrogens is 2. The number of aryl methyl sites for hydroxylation is 2. The van der Waals surface area contributed by atoms with E-state index in [0.29, 0.717) is 12.2 Å². The predicted molar refractivity (Wildman–Crippen MR) is 121 cm³/mol. The SMILES string of the molecule is Brc1c(Br)c2c3c(nc(N4CCNCC4)n3CCC2)c1Br.O=C(O)/C=C\C(=O)O. The van der Waals surface area contributed by atoms with Crippen LogP contribution in [-0.2, 0) is 22.6 Å². The predicted octanol–water partition coefficient (Wildman–Crippen LogP) is 3.39. The summed E-state index contributed by atoms with van der Waals surface area (Å²) in [6.07, 6.45) is 3.39. The number of carbonyl (C=O) groups is 2. The Morgan fingerprint density at radius 3 is 2.17 bits per heavy atom. The highest BCUT2D eigenvalue weighted by molar-refractivity contribution is 9.14. The minimum absolute atomic E-state index is 0.558. The third-order valence-electron chi connectivity index (χ3n) is 4.67. The second kappa shape index (κ2) is 9.59. The van der Waals surface area contributed by atoms with Crippen molar-refractivity contribution in [3.8, 4) is 0 Å². The van der Waals surface area contributed by atoms with Gasteiger partial charge < -0.3 is 25.0 Å². The molecule has 1 aromatic heterocycles. The van der Waals surface area contributed by atoms with E-state index in [1.807, 2.05) is 0 Å². The lowest BCUT2D eigenvalue weighted by Crippen LogP contribution is -2.44. The van der Waals surface area contributed by atoms with Gasteiger partial charge in [0, 0.05) is 53.8 Å². The zero-order chi connectivity index (χ0) is 21.1. The monoisotopic (exact) mass is 592 g/mol. The van der Waals surface area contributed by atoms with Crippen LogP contribution < -0.4 is 10.2 Å². The summed E-state index contributed by atoms with van der Waals surface area (Å²) in [6.45, 7) is 5.18. The van der Waals surface area contributed by atoms with Crippen molar-refractivity contribution in [1.29, 1.82) is 0 Å². The Kier molecular flexibility index (Phi) is 7.36. The molecule has 3 N–H and O–H groups in total. The van der Waals surface area contributed by atoms with Crippen molar-refractivity contribution in [2.75, 3.05) is 31.1 Å². The van der Waals surface area contributed by atoms with Crippen LogP contribution in [0.2, 0.25) is 0 Å². The molecule has 29 heavy (non-hydrogen) atoms. The van der Waals surface area contributed by atoms with Crippen LogP contribution in [0.5, 0.6) is 0 Å². The van der Waals surface area contributed by atoms with Gasteiger partial charge in [0.25, 0.3) is 0 Å². The van der Waals surface area contributed by atoms with Gasteiger partial charge in [-0.25, -0.2) is 14.6 Å². The second-order valence-electron chi connectivity index (χ2n) is 6.53. The zero-order valence-electron chi connectivity index (χ0n) is 15.3. The largest absolute Gasteiger partial charge is 0.478 e. The lowest BCUT2D eigenvalue weighted by atomic mass is 10.0. The van der Waals surface area contributed by atoms with E-state index in [9.17, 15) is 9.59 Å². The molecule has 0 aliphatic carbocycles. The van der Waals surface area contributed by atoms with Crippen molar-refractivity contribution < 1.29 is 19.8 Å². The lowest BCUT2D eigenvalue weighted by molar-refractivity contribution is -0.134. The molecule has 2 aromatic rings. The van der Waals surface area contributed by atoms with Gasteiger partial charge in [0.05, 0.1) is 9.99 Å². The van der Waals surface area contributed by atoms with Crippen molar-refractivity contribution in [2.45, 2.75) is 19.4 Å². The molecule has 0 radical (unpaired) electrons. The maximum absolute atomic E-state index is 9.55. The van der Waals surface area contributed by atoms with Gasteiger partial charge in [-0.3, -0.25) is 0 Å². The summed E-state index contributed by atoms with van der Waals surface area (Å²) in [5, 5.41) is 19.0. The minimum Gasteiger partial charge on any atom is -0.478 e. The van der Waals surface area contributed by atoms with Crippen LogP contribution in [0.25, 0.3) is 11.0 Å². The molecule has 3 heterocycles. The Hall–Kier alpha value is -1.43. The second-order valence-corrected chi connectivity index (χ2v) is 8.91. The maximum atomic E-state index is 9.55. The molecule has 8 nitrogen and oxygen atoms in total. The minimum atomic E-state index is -1.26. The van der Waals surface area contributed by atoms with E-state index in [2.05, 4.69) is 62.6 Å². The normalized spacial score (nSPS) is 16.0. The maximum Gasteiger partial charge on any atom is 0.328 e. The van der Waals surface area contributed by atoms with E-state index >= 15 is 0 Å². The van der Waals surface area contributed by atoms with Crippen molar-refractivity contribution in [3.63, 3.8) is 0 Å². The lowest BCUT2D eigenvalue weighted by Gasteiger charge is -2.29. The number of rotatable bonds is 3. The van der Waals surface area contributed by atoms with Crippen molar-refractivity contribution in [3.05, 3.63) is 31.1 Å². The van der Waals surface area contributed by atoms with E-state index in [1.54, 1.807) is 0 Å². The van der Waals surface area contributed by atoms with Gasteiger partial charge >= 0.3 is 11.9 Å². The number of hydrogen-bond acceptors (Lipinski definition) is 5. The summed E-state index contributed by atoms with van der Waals surface area (Å²) in [5.41, 5.74) is 3.74. The molecule has 0 saturated carbocycles. The van der Waals surface area contributed by atoms with E-state index in [-0.39, 0.29) is 0 Å². The average molecular weight is 595 g/mol. The number of piperazine rings is 1. The number of imidazole rings is 1. The number of benzene rings is 1. The van der Waals surface area contributed by atoms with E-state index < -0.39 is 11.9 Å². The first-order valence-corrected chi connectivity index (χ1v) is 11.3. The fourth-order valence-corrected chi connectivity index (χ4v) is 5.19. The number of hydrogen-bond donors (Lipinski definition) is 3. The average Bonchev–Trinajstić information content (AvgIpc) is 3.11. The molecule has 1 saturated heterocycles. The number of aliphatic carboxylic acids is 2. The van der Waals surface area contributed by atoms with Crippen LogP contribution in [0, 0.1) is 0 Å². The molecule has 2 aliphatic heterocycles. The Bertz CT molecular complexity index is 968. The van der Waals surface area contributed by atoms with Crippen molar-refractivity contribution in [1.82, 2.24) is 14.9 Å². The number of nitrogens with zero attached hydrogens (tertiary/aromatic N) is 3. The molecule has 1 aromatic carbocycles. The summed E-state index contributed by atoms with van der Waals surface area (Å²) in [6, 6.07) is 0. The third kappa shape index (κ3) is 4.84. The molecular weight excluding hydrogens is 576 g/mol. The van der Waals surface area contributed by atoms with Crippen LogP contribution in [0.3, 0.4) is 0 Å². The summed E-state index contributed by atoms with van der Waals surface area (Å²) in [5.74, 6) is -1.39. The highest BCUT2D eigenvalue weighted by Gasteiger charge is 2.27. The van der Waals surface area contributed by atoms with Gasteiger partial charge in [0.1, 0.15) is 5.52 Å². The van der Waals surface area contributed by atoms with Crippen LogP contribution in [0.4, 0.5) is 5.95 Å². The first-order chi connectivity index (χ1) is 13.8. The molecule has 1 fully saturated rings. The number of anilines is 1. The van der Waals surface area contributed by atoms with Crippen LogP contribution >= 0.6 is 47.8 Å². The Balaban J connectivity index is 0.000000258. The van der Waals surface area contributed by atoms with Crippen LogP contribution in [0.1, 0.15) is 12.0 Å². The first-order valence-electron chi connectivity index (χ1n) is 8.96. The molecule has 0 unspecified atom stereocenters. The molecule has 0 atom stereocenters. The molecule has 4 rings (SSSR count). The highest BCUT2D eigenvalue weighted by atomic mass is 79.9. The standard InChI is InChI=1S/C14H15Br3N4.C4H4O4/c15-9-8-2-1-5-21-13(8)12(11(17)10(9)16)19-14(21)20-6-3-18-4-7-20;5-3(6)1-2-4(7)8/h18H,1-7H2;1-2H,(H,5,6)(H,7,8)/b;2-1-. The van der Waals surface area contributed by atoms with E-state index in [0.717, 1.165) is 64.0 Å². The molecular formula is C18H19Br3N4O4. The van der Waals surface area contributed by atoms with Gasteiger partial charge in [0.2, 0.25) is 5.95 Å². The molecule has 0 bridgehead atoms. The van der Waals surface area contributed by atoms with Crippen LogP contribution in [0.15, 0.2) is 25.6 Å². The topological polar surface area (TPSA) is 108 Å². The third-order valence-corrected chi connectivity index (χ3v) is 8.17. The summed E-state index contributed by atoms with van der Waals surface area (Å²) in [7, 11) is 0. The van der Waals surface area contributed by atoms with Gasteiger partial charge in [-0.15, -0.1) is 0 Å². The number of halogens is 3. The van der Waals surface area contributed by atoms with Crippen molar-refractivity contribution >= 4 is 76.7 Å². The van der Waals surface area contributed by atoms with Gasteiger partial charge in [0.15, 0.2) is 0 Å². The Labute approximate surface area is 192 Å². The fraction of sp³-hybridized carbons (Fsp3) is 0.389. The summed E-state index contributed by atoms with van der Waals surface area (Å²) in [4.78, 5) is 26.5. The molecule has 0 spiro atoms. The number of carboxylic acid groups (broad SMARTS) is 2. The van der Waals surface area contributed by atoms with E-state index in [4.69, 9.17) is 15.2 Å². The van der Waals surface area contributed by atoms with E-state index in [1.165, 1.54) is 17.5 Å².